The number of hydrogen-bond donors (Lipinski definition) is 1. The number of amides is 1. The van der Waals surface area contributed by atoms with Gasteiger partial charge < -0.3 is 14.8 Å². The molecule has 0 aliphatic heterocycles. The van der Waals surface area contributed by atoms with Crippen LogP contribution in [0, 0.1) is 21.7 Å². The molecule has 0 aliphatic carbocycles. The molecule has 136 valence electrons. The molecule has 1 N–H and O–H groups in total. The van der Waals surface area contributed by atoms with Gasteiger partial charge in [0, 0.05) is 0 Å². The third kappa shape index (κ3) is 4.29. The van der Waals surface area contributed by atoms with Gasteiger partial charge in [0.25, 0.3) is 11.6 Å². The van der Waals surface area contributed by atoms with Crippen molar-refractivity contribution in [3.05, 3.63) is 63.7 Å². The summed E-state index contributed by atoms with van der Waals surface area (Å²) in [6.45, 7) is -0.893. The Balaban J connectivity index is 2.06. The van der Waals surface area contributed by atoms with Gasteiger partial charge in [-0.3, -0.25) is 14.9 Å². The molecule has 0 saturated carbocycles. The summed E-state index contributed by atoms with van der Waals surface area (Å²) in [5.74, 6) is -4.37. The van der Waals surface area contributed by atoms with Crippen molar-refractivity contribution >= 4 is 23.3 Å². The number of rotatable bonds is 6. The summed E-state index contributed by atoms with van der Waals surface area (Å²) in [5.41, 5.74) is -1.53. The first-order valence-electron chi connectivity index (χ1n) is 7.07. The van der Waals surface area contributed by atoms with Crippen LogP contribution < -0.4 is 10.1 Å². The lowest BCUT2D eigenvalue weighted by molar-refractivity contribution is -0.384. The number of ether oxygens (including phenoxy) is 2. The summed E-state index contributed by atoms with van der Waals surface area (Å²) in [4.78, 5) is 33.8. The van der Waals surface area contributed by atoms with Gasteiger partial charge in [-0.05, 0) is 24.3 Å². The number of nitro groups is 1. The average Bonchev–Trinajstić information content (AvgIpc) is 2.60. The van der Waals surface area contributed by atoms with Gasteiger partial charge >= 0.3 is 5.97 Å². The fraction of sp³-hybridized carbons (Fsp3) is 0.125. The highest BCUT2D eigenvalue weighted by Gasteiger charge is 2.21. The van der Waals surface area contributed by atoms with E-state index in [0.29, 0.717) is 0 Å². The van der Waals surface area contributed by atoms with Gasteiger partial charge in [0.15, 0.2) is 6.61 Å². The van der Waals surface area contributed by atoms with Crippen molar-refractivity contribution in [2.75, 3.05) is 19.0 Å². The number of methoxy groups -OCH3 is 1. The molecule has 0 aliphatic rings. The van der Waals surface area contributed by atoms with E-state index in [4.69, 9.17) is 4.74 Å². The fourth-order valence-electron chi connectivity index (χ4n) is 1.98. The number of hydrogen-bond acceptors (Lipinski definition) is 6. The molecule has 26 heavy (non-hydrogen) atoms. The minimum absolute atomic E-state index is 0.158. The highest BCUT2D eigenvalue weighted by molar-refractivity contribution is 5.97. The maximum Gasteiger partial charge on any atom is 0.344 e. The Morgan fingerprint density at radius 2 is 1.85 bits per heavy atom. The SMILES string of the molecule is COc1ccc(NC(=O)COC(=O)c2c(F)cccc2F)c([N+](=O)[O-])c1. The second kappa shape index (κ2) is 8.01. The van der Waals surface area contributed by atoms with Gasteiger partial charge in [-0.25, -0.2) is 13.6 Å². The highest BCUT2D eigenvalue weighted by Crippen LogP contribution is 2.28. The maximum absolute atomic E-state index is 13.5. The number of halogens is 2. The Bertz CT molecular complexity index is 852. The van der Waals surface area contributed by atoms with Crippen molar-refractivity contribution in [3.8, 4) is 5.75 Å². The summed E-state index contributed by atoms with van der Waals surface area (Å²) in [6, 6.07) is 6.49. The Kier molecular flexibility index (Phi) is 5.78. The number of nitrogens with one attached hydrogen (secondary N) is 1. The quantitative estimate of drug-likeness (QED) is 0.478. The minimum Gasteiger partial charge on any atom is -0.496 e. The molecule has 2 aromatic rings. The zero-order chi connectivity index (χ0) is 19.3. The van der Waals surface area contributed by atoms with Crippen LogP contribution in [0.3, 0.4) is 0 Å². The number of carbonyl (C=O) groups is 2. The third-order valence-corrected chi connectivity index (χ3v) is 3.18. The number of carbonyl (C=O) groups excluding carboxylic acids is 2. The summed E-state index contributed by atoms with van der Waals surface area (Å²) < 4.78 is 36.3. The van der Waals surface area contributed by atoms with Crippen molar-refractivity contribution in [1.82, 2.24) is 0 Å². The molecule has 0 radical (unpaired) electrons. The number of anilines is 1. The van der Waals surface area contributed by atoms with Crippen LogP contribution in [0.1, 0.15) is 10.4 Å². The van der Waals surface area contributed by atoms with E-state index < -0.39 is 46.3 Å². The molecular formula is C16H12F2N2O6. The zero-order valence-electron chi connectivity index (χ0n) is 13.3. The van der Waals surface area contributed by atoms with Crippen LogP contribution in [0.15, 0.2) is 36.4 Å². The molecule has 0 fully saturated rings. The van der Waals surface area contributed by atoms with Gasteiger partial charge in [0.05, 0.1) is 18.1 Å². The lowest BCUT2D eigenvalue weighted by Gasteiger charge is -2.09. The number of nitro benzene ring substituents is 1. The van der Waals surface area contributed by atoms with Crippen molar-refractivity contribution < 1.29 is 32.8 Å². The first-order valence-corrected chi connectivity index (χ1v) is 7.07. The van der Waals surface area contributed by atoms with E-state index in [9.17, 15) is 28.5 Å². The van der Waals surface area contributed by atoms with Crippen LogP contribution >= 0.6 is 0 Å². The van der Waals surface area contributed by atoms with Gasteiger partial charge in [0.2, 0.25) is 0 Å². The average molecular weight is 366 g/mol. The largest absolute Gasteiger partial charge is 0.496 e. The second-order valence-corrected chi connectivity index (χ2v) is 4.86. The molecule has 0 unspecified atom stereocenters. The second-order valence-electron chi connectivity index (χ2n) is 4.86. The van der Waals surface area contributed by atoms with Crippen LogP contribution in [-0.4, -0.2) is 30.5 Å². The van der Waals surface area contributed by atoms with E-state index in [2.05, 4.69) is 10.1 Å². The molecule has 2 rings (SSSR count). The lowest BCUT2D eigenvalue weighted by atomic mass is 10.2. The molecule has 0 heterocycles. The monoisotopic (exact) mass is 366 g/mol. The van der Waals surface area contributed by atoms with E-state index in [0.717, 1.165) is 24.3 Å². The normalized spacial score (nSPS) is 10.1. The van der Waals surface area contributed by atoms with Crippen LogP contribution in [0.4, 0.5) is 20.2 Å². The Hall–Kier alpha value is -3.56. The number of benzene rings is 2. The zero-order valence-corrected chi connectivity index (χ0v) is 13.3. The molecule has 1 amide bonds. The predicted molar refractivity (Wildman–Crippen MR) is 84.9 cm³/mol. The van der Waals surface area contributed by atoms with Gasteiger partial charge in [-0.2, -0.15) is 0 Å². The van der Waals surface area contributed by atoms with E-state index in [-0.39, 0.29) is 11.4 Å². The van der Waals surface area contributed by atoms with Gasteiger partial charge in [-0.1, -0.05) is 6.07 Å². The van der Waals surface area contributed by atoms with Gasteiger partial charge in [-0.15, -0.1) is 0 Å². The fourth-order valence-corrected chi connectivity index (χ4v) is 1.98. The predicted octanol–water partition coefficient (Wildman–Crippen LogP) is 2.68. The number of nitrogens with zero attached hydrogens (tertiary/aromatic N) is 1. The molecule has 0 spiro atoms. The topological polar surface area (TPSA) is 108 Å². The number of esters is 1. The molecule has 10 heteroatoms. The van der Waals surface area contributed by atoms with E-state index in [1.54, 1.807) is 0 Å². The highest BCUT2D eigenvalue weighted by atomic mass is 19.1. The van der Waals surface area contributed by atoms with Crippen molar-refractivity contribution in [1.29, 1.82) is 0 Å². The summed E-state index contributed by atoms with van der Waals surface area (Å²) >= 11 is 0. The van der Waals surface area contributed by atoms with Crippen LogP contribution in [0.25, 0.3) is 0 Å². The Morgan fingerprint density at radius 1 is 1.19 bits per heavy atom. The third-order valence-electron chi connectivity index (χ3n) is 3.18. The van der Waals surface area contributed by atoms with E-state index in [1.165, 1.54) is 19.2 Å². The molecule has 8 nitrogen and oxygen atoms in total. The van der Waals surface area contributed by atoms with Crippen molar-refractivity contribution in [2.45, 2.75) is 0 Å². The van der Waals surface area contributed by atoms with Crippen molar-refractivity contribution in [3.63, 3.8) is 0 Å². The Morgan fingerprint density at radius 3 is 2.42 bits per heavy atom. The molecule has 0 saturated heterocycles. The summed E-state index contributed by atoms with van der Waals surface area (Å²) in [7, 11) is 1.32. The summed E-state index contributed by atoms with van der Waals surface area (Å²) in [6.07, 6.45) is 0. The van der Waals surface area contributed by atoms with Crippen LogP contribution in [-0.2, 0) is 9.53 Å². The van der Waals surface area contributed by atoms with Crippen molar-refractivity contribution in [2.24, 2.45) is 0 Å². The van der Waals surface area contributed by atoms with Gasteiger partial charge in [0.1, 0.15) is 28.6 Å². The standard InChI is InChI=1S/C16H12F2N2O6/c1-25-9-5-6-12(13(7-9)20(23)24)19-14(21)8-26-16(22)15-10(17)3-2-4-11(15)18/h2-7H,8H2,1H3,(H,19,21). The first kappa shape index (κ1) is 18.8. The first-order chi connectivity index (χ1) is 12.3. The smallest absolute Gasteiger partial charge is 0.344 e. The van der Waals surface area contributed by atoms with E-state index in [1.807, 2.05) is 0 Å². The van der Waals surface area contributed by atoms with E-state index >= 15 is 0 Å². The minimum atomic E-state index is -1.38. The maximum atomic E-state index is 13.5. The molecule has 2 aromatic carbocycles. The molecule has 0 bridgehead atoms. The molecule has 0 aromatic heterocycles. The van der Waals surface area contributed by atoms with Crippen LogP contribution in [0.5, 0.6) is 5.75 Å². The molecular weight excluding hydrogens is 354 g/mol. The molecule has 0 atom stereocenters. The Labute approximate surface area is 145 Å². The lowest BCUT2D eigenvalue weighted by Crippen LogP contribution is -2.22. The van der Waals surface area contributed by atoms with Crippen LogP contribution in [0.2, 0.25) is 0 Å². The summed E-state index contributed by atoms with van der Waals surface area (Å²) in [5, 5.41) is 13.2.